The molecule has 0 spiro atoms. The van der Waals surface area contributed by atoms with Crippen molar-refractivity contribution in [3.63, 3.8) is 0 Å². The molecular formula is C15H9Cl2. The van der Waals surface area contributed by atoms with E-state index < -0.39 is 0 Å². The molecule has 1 radical (unpaired) electrons. The van der Waals surface area contributed by atoms with Crippen molar-refractivity contribution in [2.45, 2.75) is 0 Å². The van der Waals surface area contributed by atoms with E-state index in [4.69, 9.17) is 23.2 Å². The zero-order chi connectivity index (χ0) is 11.8. The highest BCUT2D eigenvalue weighted by Gasteiger charge is 2.19. The molecule has 0 fully saturated rings. The highest BCUT2D eigenvalue weighted by atomic mass is 35.5. The van der Waals surface area contributed by atoms with E-state index in [2.05, 4.69) is 24.6 Å². The van der Waals surface area contributed by atoms with Gasteiger partial charge < -0.3 is 0 Å². The molecule has 0 N–H and O–H groups in total. The van der Waals surface area contributed by atoms with Crippen LogP contribution in [-0.2, 0) is 0 Å². The molecule has 0 amide bonds. The van der Waals surface area contributed by atoms with E-state index in [0.29, 0.717) is 10.0 Å². The van der Waals surface area contributed by atoms with Crippen LogP contribution in [0.2, 0.25) is 10.0 Å². The minimum absolute atomic E-state index is 0.674. The van der Waals surface area contributed by atoms with E-state index >= 15 is 0 Å². The quantitative estimate of drug-likeness (QED) is 0.677. The van der Waals surface area contributed by atoms with Gasteiger partial charge in [0.25, 0.3) is 0 Å². The molecule has 2 aromatic rings. The van der Waals surface area contributed by atoms with Crippen molar-refractivity contribution >= 4 is 28.8 Å². The van der Waals surface area contributed by atoms with Crippen molar-refractivity contribution in [3.8, 4) is 0 Å². The van der Waals surface area contributed by atoms with E-state index in [-0.39, 0.29) is 0 Å². The number of rotatable bonds is 1. The maximum Gasteiger partial charge on any atom is 0.0502 e. The van der Waals surface area contributed by atoms with Crippen LogP contribution in [0.3, 0.4) is 0 Å². The van der Waals surface area contributed by atoms with Crippen LogP contribution in [0.15, 0.2) is 48.5 Å². The predicted octanol–water partition coefficient (Wildman–Crippen LogP) is 4.99. The molecule has 0 aliphatic heterocycles. The van der Waals surface area contributed by atoms with Gasteiger partial charge in [0.2, 0.25) is 0 Å². The normalized spacial score (nSPS) is 13.4. The highest BCUT2D eigenvalue weighted by Crippen LogP contribution is 2.39. The van der Waals surface area contributed by atoms with Gasteiger partial charge in [0, 0.05) is 17.0 Å². The monoisotopic (exact) mass is 259 g/mol. The van der Waals surface area contributed by atoms with Crippen LogP contribution in [0.1, 0.15) is 16.7 Å². The number of fused-ring (bicyclic) bond motifs is 1. The topological polar surface area (TPSA) is 0 Å². The Labute approximate surface area is 110 Å². The van der Waals surface area contributed by atoms with E-state index in [1.807, 2.05) is 24.3 Å². The fourth-order valence-corrected chi connectivity index (χ4v) is 2.73. The second-order valence-electron chi connectivity index (χ2n) is 3.96. The smallest absolute Gasteiger partial charge is 0.0502 e. The summed E-state index contributed by atoms with van der Waals surface area (Å²) < 4.78 is 0. The zero-order valence-electron chi connectivity index (χ0n) is 8.95. The third-order valence-corrected chi connectivity index (χ3v) is 3.39. The summed E-state index contributed by atoms with van der Waals surface area (Å²) in [7, 11) is 0. The lowest BCUT2D eigenvalue weighted by molar-refractivity contribution is 1.52. The Kier molecular flexibility index (Phi) is 2.70. The van der Waals surface area contributed by atoms with Gasteiger partial charge in [-0.25, -0.2) is 0 Å². The molecule has 3 rings (SSSR count). The average molecular weight is 260 g/mol. The summed E-state index contributed by atoms with van der Waals surface area (Å²) in [6, 6.07) is 14.0. The predicted molar refractivity (Wildman–Crippen MR) is 73.4 cm³/mol. The van der Waals surface area contributed by atoms with Crippen molar-refractivity contribution in [1.82, 2.24) is 0 Å². The largest absolute Gasteiger partial charge is 0.0843 e. The second-order valence-corrected chi connectivity index (χ2v) is 4.81. The molecule has 1 aliphatic carbocycles. The van der Waals surface area contributed by atoms with Gasteiger partial charge in [-0.1, -0.05) is 59.6 Å². The minimum atomic E-state index is 0.674. The molecule has 0 aromatic heterocycles. The summed E-state index contributed by atoms with van der Waals surface area (Å²) in [5.41, 5.74) is 4.48. The Bertz CT molecular complexity index is 598. The molecule has 1 aliphatic rings. The molecular weight excluding hydrogens is 251 g/mol. The van der Waals surface area contributed by atoms with Gasteiger partial charge in [0.05, 0.1) is 5.02 Å². The van der Waals surface area contributed by atoms with Gasteiger partial charge in [-0.15, -0.1) is 0 Å². The first-order chi connectivity index (χ1) is 8.25. The average Bonchev–Trinajstić information content (AvgIpc) is 2.74. The molecule has 0 bridgehead atoms. The first-order valence-electron chi connectivity index (χ1n) is 5.35. The van der Waals surface area contributed by atoms with Crippen molar-refractivity contribution < 1.29 is 0 Å². The van der Waals surface area contributed by atoms with E-state index in [1.54, 1.807) is 6.07 Å². The first-order valence-corrected chi connectivity index (χ1v) is 6.11. The molecule has 83 valence electrons. The Morgan fingerprint density at radius 1 is 0.882 bits per heavy atom. The van der Waals surface area contributed by atoms with E-state index in [1.165, 1.54) is 5.56 Å². The third-order valence-electron chi connectivity index (χ3n) is 2.87. The fraction of sp³-hybridized carbons (Fsp3) is 0. The summed E-state index contributed by atoms with van der Waals surface area (Å²) in [6.07, 6.45) is 4.14. The highest BCUT2D eigenvalue weighted by molar-refractivity contribution is 6.36. The number of halogens is 2. The van der Waals surface area contributed by atoms with E-state index in [9.17, 15) is 0 Å². The number of allylic oxidation sites excluding steroid dienone is 1. The molecule has 0 heterocycles. The van der Waals surface area contributed by atoms with Crippen LogP contribution in [0.25, 0.3) is 5.57 Å². The lowest BCUT2D eigenvalue weighted by Gasteiger charge is -2.09. The maximum atomic E-state index is 6.27. The summed E-state index contributed by atoms with van der Waals surface area (Å²) in [6.45, 7) is 0. The SMILES string of the molecule is Clc1cc(Cl)c2c(c1)[CH]C=C2c1ccccc1. The van der Waals surface area contributed by atoms with Gasteiger partial charge in [-0.3, -0.25) is 0 Å². The number of benzene rings is 2. The molecule has 0 saturated heterocycles. The summed E-state index contributed by atoms with van der Waals surface area (Å²) in [5.74, 6) is 0. The lowest BCUT2D eigenvalue weighted by Crippen LogP contribution is -1.88. The maximum absolute atomic E-state index is 6.27. The van der Waals surface area contributed by atoms with Gasteiger partial charge in [-0.2, -0.15) is 0 Å². The third kappa shape index (κ3) is 1.88. The van der Waals surface area contributed by atoms with E-state index in [0.717, 1.165) is 16.7 Å². The van der Waals surface area contributed by atoms with Crippen molar-refractivity contribution in [2.75, 3.05) is 0 Å². The molecule has 0 unspecified atom stereocenters. The summed E-state index contributed by atoms with van der Waals surface area (Å²) in [5, 5.41) is 1.38. The molecule has 2 aromatic carbocycles. The zero-order valence-corrected chi connectivity index (χ0v) is 10.5. The fourth-order valence-electron chi connectivity index (χ4n) is 2.12. The van der Waals surface area contributed by atoms with Gasteiger partial charge >= 0.3 is 0 Å². The summed E-state index contributed by atoms with van der Waals surface area (Å²) >= 11 is 12.3. The Morgan fingerprint density at radius 2 is 1.65 bits per heavy atom. The number of hydrogen-bond acceptors (Lipinski definition) is 0. The van der Waals surface area contributed by atoms with Gasteiger partial charge in [-0.05, 0) is 28.8 Å². The van der Waals surface area contributed by atoms with Crippen LogP contribution >= 0.6 is 23.2 Å². The lowest BCUT2D eigenvalue weighted by atomic mass is 9.99. The van der Waals surface area contributed by atoms with Crippen LogP contribution < -0.4 is 0 Å². The molecule has 17 heavy (non-hydrogen) atoms. The van der Waals surface area contributed by atoms with Crippen LogP contribution in [0, 0.1) is 6.42 Å². The number of hydrogen-bond donors (Lipinski definition) is 0. The second kappa shape index (κ2) is 4.21. The molecule has 0 nitrogen and oxygen atoms in total. The summed E-state index contributed by atoms with van der Waals surface area (Å²) in [4.78, 5) is 0. The molecule has 0 atom stereocenters. The standard InChI is InChI=1S/C15H9Cl2/c16-12-8-11-6-7-13(15(11)14(17)9-12)10-4-2-1-3-5-10/h1-9H. The van der Waals surface area contributed by atoms with Crippen molar-refractivity contribution in [3.05, 3.63) is 81.7 Å². The minimum Gasteiger partial charge on any atom is -0.0843 e. The van der Waals surface area contributed by atoms with Crippen LogP contribution in [0.4, 0.5) is 0 Å². The van der Waals surface area contributed by atoms with Crippen LogP contribution in [0.5, 0.6) is 0 Å². The Balaban J connectivity index is 2.16. The Morgan fingerprint density at radius 3 is 2.41 bits per heavy atom. The molecule has 2 heteroatoms. The van der Waals surface area contributed by atoms with Crippen LogP contribution in [-0.4, -0.2) is 0 Å². The van der Waals surface area contributed by atoms with Crippen molar-refractivity contribution in [2.24, 2.45) is 0 Å². The van der Waals surface area contributed by atoms with Crippen molar-refractivity contribution in [1.29, 1.82) is 0 Å². The first kappa shape index (κ1) is 10.9. The van der Waals surface area contributed by atoms with Gasteiger partial charge in [0.1, 0.15) is 0 Å². The molecule has 0 saturated carbocycles. The Hall–Kier alpha value is -1.24. The van der Waals surface area contributed by atoms with Gasteiger partial charge in [0.15, 0.2) is 0 Å².